The average Bonchev–Trinajstić information content (AvgIpc) is 3.24. The highest BCUT2D eigenvalue weighted by atomic mass is 19.4. The molecule has 3 aliphatic heterocycles. The summed E-state index contributed by atoms with van der Waals surface area (Å²) >= 11 is 0. The van der Waals surface area contributed by atoms with E-state index in [9.17, 15) is 18.0 Å². The summed E-state index contributed by atoms with van der Waals surface area (Å²) in [5.74, 6) is 0.338. The van der Waals surface area contributed by atoms with Gasteiger partial charge in [-0.15, -0.1) is 0 Å². The summed E-state index contributed by atoms with van der Waals surface area (Å²) in [7, 11) is 0. The maximum absolute atomic E-state index is 11.8. The van der Waals surface area contributed by atoms with Crippen LogP contribution in [0.2, 0.25) is 0 Å². The molecule has 0 unspecified atom stereocenters. The molecule has 10 heteroatoms. The van der Waals surface area contributed by atoms with Crippen molar-refractivity contribution in [3.05, 3.63) is 23.8 Å². The van der Waals surface area contributed by atoms with E-state index < -0.39 is 12.1 Å². The minimum absolute atomic E-state index is 0.130. The zero-order valence-corrected chi connectivity index (χ0v) is 15.2. The minimum atomic E-state index is -5.08. The fourth-order valence-electron chi connectivity index (χ4n) is 3.78. The quantitative estimate of drug-likeness (QED) is 0.785. The average molecular weight is 402 g/mol. The molecule has 0 saturated carbocycles. The second-order valence-corrected chi connectivity index (χ2v) is 7.14. The molecule has 1 aromatic carbocycles. The molecule has 154 valence electrons. The fourth-order valence-corrected chi connectivity index (χ4v) is 3.78. The third-order valence-electron chi connectivity index (χ3n) is 5.25. The highest BCUT2D eigenvalue weighted by Crippen LogP contribution is 2.35. The normalized spacial score (nSPS) is 26.1. The number of ether oxygens (including phenoxy) is 2. The lowest BCUT2D eigenvalue weighted by atomic mass is 9.81. The van der Waals surface area contributed by atoms with Crippen molar-refractivity contribution in [3.8, 4) is 11.5 Å². The van der Waals surface area contributed by atoms with Gasteiger partial charge in [0.1, 0.15) is 0 Å². The number of aliphatic carboxylic acids is 1. The predicted octanol–water partition coefficient (Wildman–Crippen LogP) is 1.86. The lowest BCUT2D eigenvalue weighted by Gasteiger charge is -2.30. The first kappa shape index (κ1) is 20.2. The second-order valence-electron chi connectivity index (χ2n) is 7.14. The van der Waals surface area contributed by atoms with Gasteiger partial charge in [0.25, 0.3) is 0 Å². The maximum Gasteiger partial charge on any atom is 0.490 e. The van der Waals surface area contributed by atoms with Gasteiger partial charge in [-0.05, 0) is 29.5 Å². The zero-order chi connectivity index (χ0) is 20.5. The number of hydrogen-bond donors (Lipinski definition) is 2. The largest absolute Gasteiger partial charge is 0.490 e. The summed E-state index contributed by atoms with van der Waals surface area (Å²) in [5, 5.41) is 10.1. The van der Waals surface area contributed by atoms with Crippen LogP contribution in [-0.4, -0.2) is 54.5 Å². The van der Waals surface area contributed by atoms with Crippen molar-refractivity contribution in [2.75, 3.05) is 26.4 Å². The zero-order valence-electron chi connectivity index (χ0n) is 15.2. The van der Waals surface area contributed by atoms with Gasteiger partial charge in [-0.3, -0.25) is 9.69 Å². The standard InChI is InChI=1S/C16H20N2O3.C2HF3O2/c1-10-13-8-18(7-12(13)5-17-16(10)19)6-11-2-3-14-15(4-11)21-9-20-14;3-2(4,5)1(6)7/h2-4,10,12-13H,5-9H2,1H3,(H,17,19);(H,6,7)/t10-,12-,13-;/m0./s1. The Morgan fingerprint density at radius 3 is 2.64 bits per heavy atom. The predicted molar refractivity (Wildman–Crippen MR) is 90.7 cm³/mol. The van der Waals surface area contributed by atoms with E-state index in [-0.39, 0.29) is 11.8 Å². The number of benzene rings is 1. The van der Waals surface area contributed by atoms with E-state index in [1.165, 1.54) is 5.56 Å². The Morgan fingerprint density at radius 2 is 1.96 bits per heavy atom. The number of fused-ring (bicyclic) bond motifs is 2. The van der Waals surface area contributed by atoms with Crippen LogP contribution in [0, 0.1) is 17.8 Å². The summed E-state index contributed by atoms with van der Waals surface area (Å²) in [6.07, 6.45) is -5.08. The van der Waals surface area contributed by atoms with Gasteiger partial charge in [0.05, 0.1) is 0 Å². The number of amides is 1. The Bertz CT molecular complexity index is 755. The van der Waals surface area contributed by atoms with E-state index in [1.807, 2.05) is 6.07 Å². The molecule has 0 spiro atoms. The van der Waals surface area contributed by atoms with E-state index >= 15 is 0 Å². The topological polar surface area (TPSA) is 88.1 Å². The molecule has 1 aromatic rings. The van der Waals surface area contributed by atoms with Crippen LogP contribution >= 0.6 is 0 Å². The van der Waals surface area contributed by atoms with Gasteiger partial charge >= 0.3 is 12.1 Å². The van der Waals surface area contributed by atoms with Crippen molar-refractivity contribution >= 4 is 11.9 Å². The number of nitrogens with one attached hydrogen (secondary N) is 1. The number of carboxylic acid groups (broad SMARTS) is 1. The fraction of sp³-hybridized carbons (Fsp3) is 0.556. The van der Waals surface area contributed by atoms with Crippen LogP contribution in [0.4, 0.5) is 13.2 Å². The lowest BCUT2D eigenvalue weighted by Crippen LogP contribution is -2.46. The Balaban J connectivity index is 0.000000279. The Hall–Kier alpha value is -2.49. The highest BCUT2D eigenvalue weighted by Gasteiger charge is 2.42. The maximum atomic E-state index is 11.8. The van der Waals surface area contributed by atoms with E-state index in [4.69, 9.17) is 19.4 Å². The van der Waals surface area contributed by atoms with Crippen LogP contribution in [0.1, 0.15) is 12.5 Å². The molecular formula is C18H21F3N2O5. The molecule has 0 aliphatic carbocycles. The minimum Gasteiger partial charge on any atom is -0.475 e. The van der Waals surface area contributed by atoms with Crippen molar-refractivity contribution in [2.45, 2.75) is 19.6 Å². The monoisotopic (exact) mass is 402 g/mol. The van der Waals surface area contributed by atoms with Crippen LogP contribution in [0.3, 0.4) is 0 Å². The van der Waals surface area contributed by atoms with Crippen molar-refractivity contribution in [1.29, 1.82) is 0 Å². The van der Waals surface area contributed by atoms with E-state index in [0.717, 1.165) is 37.7 Å². The van der Waals surface area contributed by atoms with Gasteiger partial charge < -0.3 is 19.9 Å². The van der Waals surface area contributed by atoms with Crippen LogP contribution in [-0.2, 0) is 16.1 Å². The summed E-state index contributed by atoms with van der Waals surface area (Å²) in [6, 6.07) is 6.15. The molecule has 2 N–H and O–H groups in total. The lowest BCUT2D eigenvalue weighted by molar-refractivity contribution is -0.192. The van der Waals surface area contributed by atoms with Crippen LogP contribution in [0.25, 0.3) is 0 Å². The summed E-state index contributed by atoms with van der Waals surface area (Å²) in [5.41, 5.74) is 1.24. The molecule has 7 nitrogen and oxygen atoms in total. The first-order valence-corrected chi connectivity index (χ1v) is 8.84. The summed E-state index contributed by atoms with van der Waals surface area (Å²) in [4.78, 5) is 23.1. The van der Waals surface area contributed by atoms with Gasteiger partial charge in [0, 0.05) is 32.1 Å². The number of halogens is 3. The third kappa shape index (κ3) is 4.49. The number of piperidine rings is 1. The third-order valence-corrected chi connectivity index (χ3v) is 5.25. The van der Waals surface area contributed by atoms with Crippen LogP contribution < -0.4 is 14.8 Å². The number of hydrogen-bond acceptors (Lipinski definition) is 5. The molecule has 0 aromatic heterocycles. The first-order valence-electron chi connectivity index (χ1n) is 8.84. The van der Waals surface area contributed by atoms with E-state index in [2.05, 4.69) is 29.3 Å². The molecule has 1 amide bonds. The Labute approximate surface area is 159 Å². The van der Waals surface area contributed by atoms with Gasteiger partial charge in [0.15, 0.2) is 11.5 Å². The molecule has 3 atom stereocenters. The summed E-state index contributed by atoms with van der Waals surface area (Å²) < 4.78 is 42.5. The smallest absolute Gasteiger partial charge is 0.475 e. The molecule has 3 aliphatic rings. The first-order chi connectivity index (χ1) is 13.1. The molecule has 2 saturated heterocycles. The number of likely N-dealkylation sites (tertiary alicyclic amines) is 1. The van der Waals surface area contributed by atoms with Gasteiger partial charge in [-0.25, -0.2) is 4.79 Å². The Morgan fingerprint density at radius 1 is 1.29 bits per heavy atom. The number of alkyl halides is 3. The number of carbonyl (C=O) groups excluding carboxylic acids is 1. The number of carboxylic acids is 1. The van der Waals surface area contributed by atoms with Crippen LogP contribution in [0.5, 0.6) is 11.5 Å². The van der Waals surface area contributed by atoms with Gasteiger partial charge in [-0.2, -0.15) is 13.2 Å². The van der Waals surface area contributed by atoms with Gasteiger partial charge in [0.2, 0.25) is 12.7 Å². The second kappa shape index (κ2) is 7.86. The molecular weight excluding hydrogens is 381 g/mol. The molecule has 4 rings (SSSR count). The number of carbonyl (C=O) groups is 2. The molecule has 28 heavy (non-hydrogen) atoms. The summed E-state index contributed by atoms with van der Waals surface area (Å²) in [6.45, 7) is 6.17. The Kier molecular flexibility index (Phi) is 5.69. The van der Waals surface area contributed by atoms with Gasteiger partial charge in [-0.1, -0.05) is 13.0 Å². The van der Waals surface area contributed by atoms with Crippen molar-refractivity contribution in [2.24, 2.45) is 17.8 Å². The highest BCUT2D eigenvalue weighted by molar-refractivity contribution is 5.79. The molecule has 0 radical (unpaired) electrons. The van der Waals surface area contributed by atoms with Crippen molar-refractivity contribution in [3.63, 3.8) is 0 Å². The van der Waals surface area contributed by atoms with E-state index in [1.54, 1.807) is 0 Å². The molecule has 0 bridgehead atoms. The van der Waals surface area contributed by atoms with Crippen LogP contribution in [0.15, 0.2) is 18.2 Å². The van der Waals surface area contributed by atoms with E-state index in [0.29, 0.717) is 18.6 Å². The molecule has 2 fully saturated rings. The SMILES string of the molecule is C[C@@H]1C(=O)NC[C@H]2CN(Cc3ccc4c(c3)OCO4)C[C@H]21.O=C(O)C(F)(F)F. The van der Waals surface area contributed by atoms with Crippen molar-refractivity contribution < 1.29 is 37.3 Å². The molecule has 3 heterocycles. The number of rotatable bonds is 2. The number of nitrogens with zero attached hydrogens (tertiary/aromatic N) is 1. The van der Waals surface area contributed by atoms with Crippen molar-refractivity contribution in [1.82, 2.24) is 10.2 Å².